The van der Waals surface area contributed by atoms with Gasteiger partial charge in [-0.25, -0.2) is 9.78 Å². The first kappa shape index (κ1) is 16.2. The Morgan fingerprint density at radius 1 is 1.08 bits per heavy atom. The summed E-state index contributed by atoms with van der Waals surface area (Å²) in [6, 6.07) is 15.2. The van der Waals surface area contributed by atoms with E-state index < -0.39 is 0 Å². The maximum Gasteiger partial charge on any atom is 0.321 e. The molecule has 0 radical (unpaired) electrons. The van der Waals surface area contributed by atoms with E-state index in [2.05, 4.69) is 15.2 Å². The molecule has 1 aromatic heterocycles. The molecule has 1 aliphatic rings. The molecule has 0 spiro atoms. The van der Waals surface area contributed by atoms with Crippen LogP contribution in [0.4, 0.5) is 15.6 Å². The van der Waals surface area contributed by atoms with Gasteiger partial charge in [-0.05, 0) is 30.3 Å². The lowest BCUT2D eigenvalue weighted by Crippen LogP contribution is -2.50. The van der Waals surface area contributed by atoms with E-state index in [1.165, 1.54) is 0 Å². The topological polar surface area (TPSA) is 48.5 Å². The number of anilines is 2. The number of fused-ring (bicyclic) bond motifs is 1. The van der Waals surface area contributed by atoms with Gasteiger partial charge in [-0.2, -0.15) is 0 Å². The zero-order valence-electron chi connectivity index (χ0n) is 13.5. The second-order valence-corrected chi connectivity index (χ2v) is 7.32. The molecule has 2 amide bonds. The number of hydrogen-bond acceptors (Lipinski definition) is 4. The van der Waals surface area contributed by atoms with E-state index >= 15 is 0 Å². The van der Waals surface area contributed by atoms with E-state index in [1.54, 1.807) is 11.3 Å². The summed E-state index contributed by atoms with van der Waals surface area (Å²) in [4.78, 5) is 21.1. The average Bonchev–Trinajstić information content (AvgIpc) is 3.06. The summed E-state index contributed by atoms with van der Waals surface area (Å²) in [5, 5.41) is 4.65. The Balaban J connectivity index is 1.39. The second kappa shape index (κ2) is 6.90. The van der Waals surface area contributed by atoms with Gasteiger partial charge in [-0.3, -0.25) is 0 Å². The van der Waals surface area contributed by atoms with E-state index in [4.69, 9.17) is 11.6 Å². The quantitative estimate of drug-likeness (QED) is 0.729. The summed E-state index contributed by atoms with van der Waals surface area (Å²) in [6.07, 6.45) is 0. The van der Waals surface area contributed by atoms with Crippen LogP contribution in [0.5, 0.6) is 0 Å². The van der Waals surface area contributed by atoms with Crippen LogP contribution in [0.3, 0.4) is 0 Å². The summed E-state index contributed by atoms with van der Waals surface area (Å²) in [5.41, 5.74) is 1.78. The van der Waals surface area contributed by atoms with Crippen molar-refractivity contribution in [1.82, 2.24) is 9.88 Å². The number of urea groups is 1. The number of nitrogens with one attached hydrogen (secondary N) is 1. The van der Waals surface area contributed by atoms with E-state index in [0.29, 0.717) is 13.1 Å². The van der Waals surface area contributed by atoms with Crippen LogP contribution < -0.4 is 10.2 Å². The van der Waals surface area contributed by atoms with Crippen molar-refractivity contribution in [3.8, 4) is 0 Å². The first-order valence-electron chi connectivity index (χ1n) is 8.11. The molecule has 0 unspecified atom stereocenters. The number of hydrogen-bond donors (Lipinski definition) is 1. The minimum Gasteiger partial charge on any atom is -0.345 e. The molecule has 128 valence electrons. The van der Waals surface area contributed by atoms with Gasteiger partial charge in [-0.1, -0.05) is 41.1 Å². The van der Waals surface area contributed by atoms with Gasteiger partial charge in [0.05, 0.1) is 10.2 Å². The normalized spacial score (nSPS) is 14.8. The number of carbonyl (C=O) groups excluding carboxylic acids is 1. The SMILES string of the molecule is O=C(Nc1ccccc1)N1CCN(c2nc3ccc(Cl)cc3s2)CC1. The van der Waals surface area contributed by atoms with Crippen molar-refractivity contribution in [1.29, 1.82) is 0 Å². The van der Waals surface area contributed by atoms with Crippen molar-refractivity contribution in [2.75, 3.05) is 36.4 Å². The number of benzene rings is 2. The van der Waals surface area contributed by atoms with Gasteiger partial charge in [0, 0.05) is 36.9 Å². The van der Waals surface area contributed by atoms with Crippen molar-refractivity contribution in [2.24, 2.45) is 0 Å². The molecule has 2 heterocycles. The van der Waals surface area contributed by atoms with Gasteiger partial charge in [0.1, 0.15) is 0 Å². The van der Waals surface area contributed by atoms with Gasteiger partial charge >= 0.3 is 6.03 Å². The molecule has 3 aromatic rings. The number of para-hydroxylation sites is 1. The molecule has 0 atom stereocenters. The van der Waals surface area contributed by atoms with Crippen molar-refractivity contribution in [3.63, 3.8) is 0 Å². The Hall–Kier alpha value is -2.31. The zero-order chi connectivity index (χ0) is 17.2. The summed E-state index contributed by atoms with van der Waals surface area (Å²) in [5.74, 6) is 0. The van der Waals surface area contributed by atoms with Crippen molar-refractivity contribution in [2.45, 2.75) is 0 Å². The molecule has 0 saturated carbocycles. The highest BCUT2D eigenvalue weighted by molar-refractivity contribution is 7.22. The molecule has 0 bridgehead atoms. The molecule has 1 N–H and O–H groups in total. The summed E-state index contributed by atoms with van der Waals surface area (Å²) >= 11 is 7.69. The lowest BCUT2D eigenvalue weighted by Gasteiger charge is -2.34. The highest BCUT2D eigenvalue weighted by atomic mass is 35.5. The smallest absolute Gasteiger partial charge is 0.321 e. The van der Waals surface area contributed by atoms with Crippen LogP contribution in [0.1, 0.15) is 0 Å². The summed E-state index contributed by atoms with van der Waals surface area (Å²) < 4.78 is 1.09. The molecular formula is C18H17ClN4OS. The Morgan fingerprint density at radius 2 is 1.84 bits per heavy atom. The van der Waals surface area contributed by atoms with Gasteiger partial charge in [0.25, 0.3) is 0 Å². The van der Waals surface area contributed by atoms with Gasteiger partial charge in [0.15, 0.2) is 5.13 Å². The molecule has 5 nitrogen and oxygen atoms in total. The first-order chi connectivity index (χ1) is 12.2. The predicted octanol–water partition coefficient (Wildman–Crippen LogP) is 4.30. The van der Waals surface area contributed by atoms with Crippen LogP contribution in [0.25, 0.3) is 10.2 Å². The Labute approximate surface area is 154 Å². The molecule has 0 aliphatic carbocycles. The maximum atomic E-state index is 12.4. The lowest BCUT2D eigenvalue weighted by atomic mass is 10.3. The Morgan fingerprint density at radius 3 is 2.60 bits per heavy atom. The van der Waals surface area contributed by atoms with Crippen LogP contribution in [0, 0.1) is 0 Å². The average molecular weight is 373 g/mol. The van der Waals surface area contributed by atoms with Gasteiger partial charge < -0.3 is 15.1 Å². The third-order valence-electron chi connectivity index (χ3n) is 4.20. The predicted molar refractivity (Wildman–Crippen MR) is 104 cm³/mol. The van der Waals surface area contributed by atoms with Crippen LogP contribution in [0.15, 0.2) is 48.5 Å². The second-order valence-electron chi connectivity index (χ2n) is 5.88. The van der Waals surface area contributed by atoms with E-state index in [0.717, 1.165) is 39.1 Å². The third kappa shape index (κ3) is 3.55. The first-order valence-corrected chi connectivity index (χ1v) is 9.30. The van der Waals surface area contributed by atoms with E-state index in [9.17, 15) is 4.79 Å². The fourth-order valence-corrected chi connectivity index (χ4v) is 4.14. The number of thiazole rings is 1. The number of nitrogens with zero attached hydrogens (tertiary/aromatic N) is 3. The van der Waals surface area contributed by atoms with E-state index in [1.807, 2.05) is 53.4 Å². The maximum absolute atomic E-state index is 12.4. The Bertz CT molecular complexity index is 890. The molecule has 2 aromatic carbocycles. The molecule has 1 aliphatic heterocycles. The van der Waals surface area contributed by atoms with Crippen LogP contribution in [-0.2, 0) is 0 Å². The molecule has 1 fully saturated rings. The monoisotopic (exact) mass is 372 g/mol. The summed E-state index contributed by atoms with van der Waals surface area (Å²) in [6.45, 7) is 2.90. The standard InChI is InChI=1S/C18H17ClN4OS/c19-13-6-7-15-16(12-13)25-18(21-15)23-10-8-22(9-11-23)17(24)20-14-4-2-1-3-5-14/h1-7,12H,8-11H2,(H,20,24). The highest BCUT2D eigenvalue weighted by Gasteiger charge is 2.23. The summed E-state index contributed by atoms with van der Waals surface area (Å²) in [7, 11) is 0. The number of piperazine rings is 1. The number of halogens is 1. The molecular weight excluding hydrogens is 356 g/mol. The third-order valence-corrected chi connectivity index (χ3v) is 5.52. The largest absolute Gasteiger partial charge is 0.345 e. The number of amides is 2. The lowest BCUT2D eigenvalue weighted by molar-refractivity contribution is 0.208. The fourth-order valence-electron chi connectivity index (χ4n) is 2.85. The Kier molecular flexibility index (Phi) is 4.46. The molecule has 25 heavy (non-hydrogen) atoms. The number of carbonyl (C=O) groups is 1. The highest BCUT2D eigenvalue weighted by Crippen LogP contribution is 2.31. The number of aromatic nitrogens is 1. The van der Waals surface area contributed by atoms with Crippen LogP contribution in [0.2, 0.25) is 5.02 Å². The van der Waals surface area contributed by atoms with Gasteiger partial charge in [-0.15, -0.1) is 0 Å². The number of rotatable bonds is 2. The fraction of sp³-hybridized carbons (Fsp3) is 0.222. The molecule has 1 saturated heterocycles. The van der Waals surface area contributed by atoms with Crippen LogP contribution >= 0.6 is 22.9 Å². The van der Waals surface area contributed by atoms with Crippen molar-refractivity contribution >= 4 is 50.0 Å². The van der Waals surface area contributed by atoms with Gasteiger partial charge in [0.2, 0.25) is 0 Å². The zero-order valence-corrected chi connectivity index (χ0v) is 15.1. The van der Waals surface area contributed by atoms with E-state index in [-0.39, 0.29) is 6.03 Å². The molecule has 7 heteroatoms. The van der Waals surface area contributed by atoms with Crippen LogP contribution in [-0.4, -0.2) is 42.1 Å². The van der Waals surface area contributed by atoms with Crippen molar-refractivity contribution < 1.29 is 4.79 Å². The van der Waals surface area contributed by atoms with Crippen molar-refractivity contribution in [3.05, 3.63) is 53.6 Å². The minimum absolute atomic E-state index is 0.0538. The molecule has 4 rings (SSSR count). The minimum atomic E-state index is -0.0538.